The molecule has 0 aliphatic rings. The van der Waals surface area contributed by atoms with E-state index < -0.39 is 0 Å². The summed E-state index contributed by atoms with van der Waals surface area (Å²) >= 11 is 0. The minimum atomic E-state index is 0.177. The molecule has 5 heteroatoms. The fourth-order valence-corrected chi connectivity index (χ4v) is 7.19. The second-order valence-corrected chi connectivity index (χ2v) is 14.0. The molecular formula is C44H61N2O3+. The fourth-order valence-electron chi connectivity index (χ4n) is 7.19. The number of hydrogen-bond acceptors (Lipinski definition) is 4. The number of hydrogen-bond donors (Lipinski definition) is 4. The number of aliphatic hydroxyl groups is 1. The summed E-state index contributed by atoms with van der Waals surface area (Å²) in [6, 6.07) is 37.0. The first kappa shape index (κ1) is 38.2. The molecular weight excluding hydrogens is 604 g/mol. The summed E-state index contributed by atoms with van der Waals surface area (Å²) in [5, 5.41) is 34.6. The number of quaternary nitrogens is 1. The van der Waals surface area contributed by atoms with E-state index in [9.17, 15) is 15.3 Å². The van der Waals surface area contributed by atoms with Crippen molar-refractivity contribution in [2.24, 2.45) is 0 Å². The lowest BCUT2D eigenvalue weighted by atomic mass is 9.98. The molecule has 0 radical (unpaired) electrons. The van der Waals surface area contributed by atoms with Crippen molar-refractivity contribution in [3.8, 4) is 11.5 Å². The average molecular weight is 666 g/mol. The van der Waals surface area contributed by atoms with E-state index >= 15 is 0 Å². The maximum atomic E-state index is 10.4. The Morgan fingerprint density at radius 3 is 1.59 bits per heavy atom. The van der Waals surface area contributed by atoms with Crippen molar-refractivity contribution in [2.45, 2.75) is 96.1 Å². The van der Waals surface area contributed by atoms with Gasteiger partial charge in [0.15, 0.2) is 0 Å². The van der Waals surface area contributed by atoms with Gasteiger partial charge in [-0.2, -0.15) is 0 Å². The highest BCUT2D eigenvalue weighted by molar-refractivity contribution is 5.33. The van der Waals surface area contributed by atoms with Gasteiger partial charge in [-0.25, -0.2) is 0 Å². The lowest BCUT2D eigenvalue weighted by molar-refractivity contribution is -0.941. The Balaban J connectivity index is 1.10. The van der Waals surface area contributed by atoms with Crippen molar-refractivity contribution < 1.29 is 19.8 Å². The number of unbranched alkanes of at least 4 members (excludes halogenated alkanes) is 9. The monoisotopic (exact) mass is 665 g/mol. The van der Waals surface area contributed by atoms with E-state index in [1.54, 1.807) is 12.1 Å². The van der Waals surface area contributed by atoms with Crippen molar-refractivity contribution in [1.82, 2.24) is 5.32 Å². The third-order valence-electron chi connectivity index (χ3n) is 10.1. The van der Waals surface area contributed by atoms with Gasteiger partial charge in [-0.15, -0.1) is 0 Å². The van der Waals surface area contributed by atoms with Gasteiger partial charge in [-0.05, 0) is 67.5 Å². The van der Waals surface area contributed by atoms with Gasteiger partial charge in [-0.1, -0.05) is 142 Å². The molecule has 4 N–H and O–H groups in total. The van der Waals surface area contributed by atoms with Gasteiger partial charge in [0, 0.05) is 18.0 Å². The molecule has 5 nitrogen and oxygen atoms in total. The SMILES string of the molecule is OCC[N+](CCCCCCCCCCCCNC(Cc1ccccc1)Cc1ccccc1O)(CCc1ccccc1O)Cc1ccccc1. The van der Waals surface area contributed by atoms with Crippen LogP contribution in [0.25, 0.3) is 0 Å². The van der Waals surface area contributed by atoms with Gasteiger partial charge in [0.1, 0.15) is 24.6 Å². The third kappa shape index (κ3) is 14.4. The van der Waals surface area contributed by atoms with Crippen molar-refractivity contribution in [2.75, 3.05) is 32.8 Å². The molecule has 2 unspecified atom stereocenters. The predicted octanol–water partition coefficient (Wildman–Crippen LogP) is 8.99. The lowest BCUT2D eigenvalue weighted by Crippen LogP contribution is -2.51. The molecule has 49 heavy (non-hydrogen) atoms. The first-order valence-corrected chi connectivity index (χ1v) is 18.9. The number of nitrogens with one attached hydrogen (secondary N) is 1. The molecule has 0 aromatic heterocycles. The van der Waals surface area contributed by atoms with Crippen molar-refractivity contribution in [1.29, 1.82) is 0 Å². The highest BCUT2D eigenvalue weighted by Crippen LogP contribution is 2.23. The van der Waals surface area contributed by atoms with Crippen LogP contribution in [-0.2, 0) is 25.8 Å². The third-order valence-corrected chi connectivity index (χ3v) is 10.1. The Bertz CT molecular complexity index is 1430. The van der Waals surface area contributed by atoms with Crippen LogP contribution in [0, 0.1) is 0 Å². The van der Waals surface area contributed by atoms with E-state index in [0.29, 0.717) is 17.5 Å². The predicted molar refractivity (Wildman–Crippen MR) is 204 cm³/mol. The number of rotatable bonds is 25. The summed E-state index contributed by atoms with van der Waals surface area (Å²) < 4.78 is 0.853. The van der Waals surface area contributed by atoms with Crippen LogP contribution < -0.4 is 5.32 Å². The summed E-state index contributed by atoms with van der Waals surface area (Å²) in [6.07, 6.45) is 15.2. The molecule has 0 aliphatic carbocycles. The van der Waals surface area contributed by atoms with E-state index in [1.807, 2.05) is 36.4 Å². The van der Waals surface area contributed by atoms with Crippen LogP contribution in [0.3, 0.4) is 0 Å². The summed E-state index contributed by atoms with van der Waals surface area (Å²) in [4.78, 5) is 0. The number of aromatic hydroxyl groups is 2. The van der Waals surface area contributed by atoms with Crippen LogP contribution in [-0.4, -0.2) is 58.6 Å². The fraction of sp³-hybridized carbons (Fsp3) is 0.455. The Labute approximate surface area is 296 Å². The number of para-hydroxylation sites is 2. The zero-order chi connectivity index (χ0) is 34.4. The second kappa shape index (κ2) is 22.2. The van der Waals surface area contributed by atoms with Crippen LogP contribution in [0.5, 0.6) is 11.5 Å². The quantitative estimate of drug-likeness (QED) is 0.0421. The largest absolute Gasteiger partial charge is 0.508 e. The van der Waals surface area contributed by atoms with Gasteiger partial charge in [0.25, 0.3) is 0 Å². The van der Waals surface area contributed by atoms with Gasteiger partial charge < -0.3 is 25.1 Å². The number of benzene rings is 4. The molecule has 4 aromatic rings. The van der Waals surface area contributed by atoms with Crippen LogP contribution >= 0.6 is 0 Å². The first-order chi connectivity index (χ1) is 24.1. The zero-order valence-corrected chi connectivity index (χ0v) is 29.7. The van der Waals surface area contributed by atoms with Crippen molar-refractivity contribution in [3.63, 3.8) is 0 Å². The normalized spacial score (nSPS) is 13.2. The molecule has 0 aliphatic heterocycles. The number of aliphatic hydroxyl groups excluding tert-OH is 1. The maximum absolute atomic E-state index is 10.4. The maximum Gasteiger partial charge on any atom is 0.118 e. The minimum Gasteiger partial charge on any atom is -0.508 e. The number of phenolic OH excluding ortho intramolecular Hbond substituents is 2. The van der Waals surface area contributed by atoms with Gasteiger partial charge in [0.05, 0.1) is 19.7 Å². The van der Waals surface area contributed by atoms with Gasteiger partial charge >= 0.3 is 0 Å². The summed E-state index contributed by atoms with van der Waals surface area (Å²) in [5.74, 6) is 0.759. The van der Waals surface area contributed by atoms with Crippen LogP contribution in [0.4, 0.5) is 0 Å². The Morgan fingerprint density at radius 1 is 0.490 bits per heavy atom. The molecule has 0 heterocycles. The zero-order valence-electron chi connectivity index (χ0n) is 29.7. The molecule has 0 saturated heterocycles. The number of nitrogens with zero attached hydrogens (tertiary/aromatic N) is 1. The summed E-state index contributed by atoms with van der Waals surface area (Å²) in [5.41, 5.74) is 4.64. The van der Waals surface area contributed by atoms with Crippen molar-refractivity contribution in [3.05, 3.63) is 131 Å². The average Bonchev–Trinajstić information content (AvgIpc) is 3.12. The highest BCUT2D eigenvalue weighted by Gasteiger charge is 2.27. The molecule has 0 amide bonds. The smallest absolute Gasteiger partial charge is 0.118 e. The molecule has 4 aromatic carbocycles. The topological polar surface area (TPSA) is 72.7 Å². The summed E-state index contributed by atoms with van der Waals surface area (Å²) in [6.45, 7) is 4.80. The van der Waals surface area contributed by atoms with Crippen LogP contribution in [0.2, 0.25) is 0 Å². The first-order valence-electron chi connectivity index (χ1n) is 18.9. The van der Waals surface area contributed by atoms with Gasteiger partial charge in [0.2, 0.25) is 0 Å². The molecule has 4 rings (SSSR count). The highest BCUT2D eigenvalue weighted by atomic mass is 16.3. The van der Waals surface area contributed by atoms with Crippen LogP contribution in [0.1, 0.15) is 86.5 Å². The van der Waals surface area contributed by atoms with E-state index in [2.05, 4.69) is 66.0 Å². The summed E-state index contributed by atoms with van der Waals surface area (Å²) in [7, 11) is 0. The van der Waals surface area contributed by atoms with E-state index in [1.165, 1.54) is 68.9 Å². The Hall–Kier alpha value is -3.64. The molecule has 0 spiro atoms. The minimum absolute atomic E-state index is 0.177. The Morgan fingerprint density at radius 2 is 1.00 bits per heavy atom. The lowest BCUT2D eigenvalue weighted by Gasteiger charge is -2.39. The van der Waals surface area contributed by atoms with E-state index in [0.717, 1.165) is 74.0 Å². The van der Waals surface area contributed by atoms with Crippen molar-refractivity contribution >= 4 is 0 Å². The molecule has 0 saturated carbocycles. The van der Waals surface area contributed by atoms with Gasteiger partial charge in [-0.3, -0.25) is 0 Å². The second-order valence-electron chi connectivity index (χ2n) is 14.0. The van der Waals surface area contributed by atoms with Crippen LogP contribution in [0.15, 0.2) is 109 Å². The standard InChI is InChI=1S/C44H60N2O3/c47-34-33-46(37-39-23-13-10-14-24-39,32-29-40-25-15-17-27-43(40)48)31-20-8-6-4-2-1-3-5-7-19-30-45-42(35-38-21-11-9-12-22-38)36-41-26-16-18-28-44(41)49/h9-18,21-28,42,45,47H,1-8,19-20,29-37H2,(H-,48,49)/p+1. The molecule has 0 bridgehead atoms. The molecule has 0 fully saturated rings. The number of phenols is 2. The Kier molecular flexibility index (Phi) is 17.3. The molecule has 264 valence electrons. The van der Waals surface area contributed by atoms with E-state index in [4.69, 9.17) is 0 Å². The molecule has 2 atom stereocenters. The van der Waals surface area contributed by atoms with E-state index in [-0.39, 0.29) is 6.61 Å².